The first-order chi connectivity index (χ1) is 10.0. The molecule has 1 rings (SSSR count). The maximum Gasteiger partial charge on any atom is 0.317 e. The number of hydrogen-bond donors (Lipinski definition) is 2. The van der Waals surface area contributed by atoms with Crippen LogP contribution in [0.5, 0.6) is 0 Å². The Kier molecular flexibility index (Phi) is 7.52. The lowest BCUT2D eigenvalue weighted by atomic mass is 10.1. The SMILES string of the molecule is COC(=O)CCNC(=O)N1CCC(OCCC(=O)O)CC1. The molecule has 8 nitrogen and oxygen atoms in total. The van der Waals surface area contributed by atoms with Gasteiger partial charge >= 0.3 is 18.0 Å². The number of esters is 1. The fourth-order valence-electron chi connectivity index (χ4n) is 2.02. The monoisotopic (exact) mass is 302 g/mol. The van der Waals surface area contributed by atoms with Gasteiger partial charge in [-0.2, -0.15) is 0 Å². The number of ether oxygens (including phenoxy) is 2. The molecule has 0 spiro atoms. The number of amides is 2. The van der Waals surface area contributed by atoms with E-state index >= 15 is 0 Å². The maximum absolute atomic E-state index is 11.8. The van der Waals surface area contributed by atoms with Crippen molar-refractivity contribution >= 4 is 18.0 Å². The number of carboxylic acids is 1. The van der Waals surface area contributed by atoms with Gasteiger partial charge in [0.25, 0.3) is 0 Å². The van der Waals surface area contributed by atoms with Gasteiger partial charge in [0.15, 0.2) is 0 Å². The van der Waals surface area contributed by atoms with Gasteiger partial charge in [-0.3, -0.25) is 9.59 Å². The van der Waals surface area contributed by atoms with Crippen LogP contribution in [0.25, 0.3) is 0 Å². The molecular weight excluding hydrogens is 280 g/mol. The zero-order valence-corrected chi connectivity index (χ0v) is 12.2. The molecule has 1 heterocycles. The summed E-state index contributed by atoms with van der Waals surface area (Å²) < 4.78 is 9.93. The number of nitrogens with one attached hydrogen (secondary N) is 1. The van der Waals surface area contributed by atoms with Crippen LogP contribution in [0.3, 0.4) is 0 Å². The normalized spacial score (nSPS) is 15.6. The summed E-state index contributed by atoms with van der Waals surface area (Å²) >= 11 is 0. The number of rotatable bonds is 7. The van der Waals surface area contributed by atoms with Gasteiger partial charge in [-0.25, -0.2) is 4.79 Å². The zero-order valence-electron chi connectivity index (χ0n) is 12.2. The van der Waals surface area contributed by atoms with Gasteiger partial charge in [0, 0.05) is 19.6 Å². The molecule has 1 saturated heterocycles. The molecule has 0 aromatic rings. The lowest BCUT2D eigenvalue weighted by Crippen LogP contribution is -2.46. The number of hydrogen-bond acceptors (Lipinski definition) is 5. The fourth-order valence-corrected chi connectivity index (χ4v) is 2.02. The Morgan fingerprint density at radius 1 is 1.24 bits per heavy atom. The Morgan fingerprint density at radius 2 is 1.90 bits per heavy atom. The Bertz CT molecular complexity index is 366. The summed E-state index contributed by atoms with van der Waals surface area (Å²) in [6.07, 6.45) is 1.52. The summed E-state index contributed by atoms with van der Waals surface area (Å²) in [5.41, 5.74) is 0. The van der Waals surface area contributed by atoms with Crippen LogP contribution in [-0.2, 0) is 19.1 Å². The van der Waals surface area contributed by atoms with Gasteiger partial charge < -0.3 is 24.8 Å². The highest BCUT2D eigenvalue weighted by atomic mass is 16.5. The average molecular weight is 302 g/mol. The number of piperidine rings is 1. The third-order valence-corrected chi connectivity index (χ3v) is 3.23. The van der Waals surface area contributed by atoms with E-state index in [4.69, 9.17) is 9.84 Å². The minimum absolute atomic E-state index is 0.00321. The van der Waals surface area contributed by atoms with E-state index in [0.717, 1.165) is 0 Å². The van der Waals surface area contributed by atoms with E-state index in [0.29, 0.717) is 25.9 Å². The summed E-state index contributed by atoms with van der Waals surface area (Å²) in [4.78, 5) is 34.8. The Hall–Kier alpha value is -1.83. The second-order valence-corrected chi connectivity index (χ2v) is 4.76. The number of carboxylic acid groups (broad SMARTS) is 1. The molecule has 1 fully saturated rings. The van der Waals surface area contributed by atoms with Crippen LogP contribution < -0.4 is 5.32 Å². The van der Waals surface area contributed by atoms with Crippen LogP contribution in [0.15, 0.2) is 0 Å². The van der Waals surface area contributed by atoms with Gasteiger partial charge in [0.05, 0.1) is 32.7 Å². The molecule has 8 heteroatoms. The van der Waals surface area contributed by atoms with Crippen LogP contribution in [0, 0.1) is 0 Å². The van der Waals surface area contributed by atoms with E-state index < -0.39 is 5.97 Å². The van der Waals surface area contributed by atoms with E-state index in [2.05, 4.69) is 10.1 Å². The van der Waals surface area contributed by atoms with Crippen molar-refractivity contribution in [2.75, 3.05) is 33.4 Å². The number of likely N-dealkylation sites (tertiary alicyclic amines) is 1. The van der Waals surface area contributed by atoms with Crippen molar-refractivity contribution in [3.05, 3.63) is 0 Å². The molecule has 0 atom stereocenters. The minimum Gasteiger partial charge on any atom is -0.481 e. The summed E-state index contributed by atoms with van der Waals surface area (Å²) in [7, 11) is 1.30. The quantitative estimate of drug-likeness (QED) is 0.652. The lowest BCUT2D eigenvalue weighted by molar-refractivity contribution is -0.140. The molecule has 1 aliphatic rings. The van der Waals surface area contributed by atoms with Crippen LogP contribution in [0.1, 0.15) is 25.7 Å². The third kappa shape index (κ3) is 6.94. The van der Waals surface area contributed by atoms with Crippen molar-refractivity contribution < 1.29 is 29.0 Å². The lowest BCUT2D eigenvalue weighted by Gasteiger charge is -2.31. The van der Waals surface area contributed by atoms with Crippen molar-refractivity contribution in [3.63, 3.8) is 0 Å². The highest BCUT2D eigenvalue weighted by molar-refractivity contribution is 5.75. The molecule has 120 valence electrons. The molecule has 0 aromatic carbocycles. The Balaban J connectivity index is 2.15. The fraction of sp³-hybridized carbons (Fsp3) is 0.769. The number of methoxy groups -OCH3 is 1. The smallest absolute Gasteiger partial charge is 0.317 e. The van der Waals surface area contributed by atoms with Crippen LogP contribution in [0.2, 0.25) is 0 Å². The molecule has 0 radical (unpaired) electrons. The average Bonchev–Trinajstić information content (AvgIpc) is 2.47. The number of carbonyl (C=O) groups excluding carboxylic acids is 2. The topological polar surface area (TPSA) is 105 Å². The summed E-state index contributed by atoms with van der Waals surface area (Å²) in [6.45, 7) is 1.56. The molecule has 0 bridgehead atoms. The van der Waals surface area contributed by atoms with E-state index in [1.807, 2.05) is 0 Å². The Morgan fingerprint density at radius 3 is 2.48 bits per heavy atom. The molecule has 1 aliphatic heterocycles. The molecule has 2 amide bonds. The van der Waals surface area contributed by atoms with E-state index in [1.165, 1.54) is 7.11 Å². The Labute approximate surface area is 123 Å². The summed E-state index contributed by atoms with van der Waals surface area (Å²) in [5, 5.41) is 11.2. The van der Waals surface area contributed by atoms with Crippen molar-refractivity contribution in [2.24, 2.45) is 0 Å². The van der Waals surface area contributed by atoms with Crippen LogP contribution >= 0.6 is 0 Å². The summed E-state index contributed by atoms with van der Waals surface area (Å²) in [6, 6.07) is -0.206. The highest BCUT2D eigenvalue weighted by Gasteiger charge is 2.23. The molecule has 2 N–H and O–H groups in total. The zero-order chi connectivity index (χ0) is 15.7. The second-order valence-electron chi connectivity index (χ2n) is 4.76. The summed E-state index contributed by atoms with van der Waals surface area (Å²) in [5.74, 6) is -1.24. The minimum atomic E-state index is -0.877. The molecule has 0 unspecified atom stereocenters. The largest absolute Gasteiger partial charge is 0.481 e. The highest BCUT2D eigenvalue weighted by Crippen LogP contribution is 2.14. The number of carbonyl (C=O) groups is 3. The van der Waals surface area contributed by atoms with Crippen LogP contribution in [0.4, 0.5) is 4.79 Å². The maximum atomic E-state index is 11.8. The van der Waals surface area contributed by atoms with Gasteiger partial charge in [0.2, 0.25) is 0 Å². The predicted molar refractivity (Wildman–Crippen MR) is 72.8 cm³/mol. The number of aliphatic carboxylic acids is 1. The first-order valence-electron chi connectivity index (χ1n) is 6.96. The predicted octanol–water partition coefficient (Wildman–Crippen LogP) is 0.215. The number of nitrogens with zero attached hydrogens (tertiary/aromatic N) is 1. The van der Waals surface area contributed by atoms with Crippen LogP contribution in [-0.4, -0.2) is 67.4 Å². The first-order valence-corrected chi connectivity index (χ1v) is 6.96. The molecule has 0 saturated carbocycles. The van der Waals surface area contributed by atoms with E-state index in [9.17, 15) is 14.4 Å². The van der Waals surface area contributed by atoms with Crippen molar-refractivity contribution in [1.82, 2.24) is 10.2 Å². The van der Waals surface area contributed by atoms with Crippen molar-refractivity contribution in [2.45, 2.75) is 31.8 Å². The number of urea groups is 1. The molecular formula is C13H22N2O6. The van der Waals surface area contributed by atoms with Gasteiger partial charge in [-0.15, -0.1) is 0 Å². The molecule has 21 heavy (non-hydrogen) atoms. The van der Waals surface area contributed by atoms with Crippen molar-refractivity contribution in [1.29, 1.82) is 0 Å². The van der Waals surface area contributed by atoms with Crippen molar-refractivity contribution in [3.8, 4) is 0 Å². The van der Waals surface area contributed by atoms with Gasteiger partial charge in [-0.05, 0) is 12.8 Å². The van der Waals surface area contributed by atoms with E-state index in [1.54, 1.807) is 4.90 Å². The van der Waals surface area contributed by atoms with Gasteiger partial charge in [0.1, 0.15) is 0 Å². The molecule has 0 aliphatic carbocycles. The standard InChI is InChI=1S/C13H22N2O6/c1-20-12(18)2-6-14-13(19)15-7-3-10(4-8-15)21-9-5-11(16)17/h10H,2-9H2,1H3,(H,14,19)(H,16,17). The van der Waals surface area contributed by atoms with Gasteiger partial charge in [-0.1, -0.05) is 0 Å². The third-order valence-electron chi connectivity index (χ3n) is 3.23. The first kappa shape index (κ1) is 17.2. The molecule has 0 aromatic heterocycles. The second kappa shape index (κ2) is 9.17. The van der Waals surface area contributed by atoms with E-state index in [-0.39, 0.29) is 44.1 Å².